The number of nitrogens with zero attached hydrogens (tertiary/aromatic N) is 4. The van der Waals surface area contributed by atoms with Crippen LogP contribution in [-0.2, 0) is 0 Å². The number of nitro groups is 1. The Kier molecular flexibility index (Phi) is 4.86. The highest BCUT2D eigenvalue weighted by Crippen LogP contribution is 2.28. The maximum Gasteiger partial charge on any atom is 0.301 e. The molecule has 0 spiro atoms. The predicted molar refractivity (Wildman–Crippen MR) is 99.9 cm³/mol. The van der Waals surface area contributed by atoms with Crippen LogP contribution in [0.3, 0.4) is 0 Å². The molecule has 0 saturated heterocycles. The zero-order chi connectivity index (χ0) is 19.6. The monoisotopic (exact) mass is 386 g/mol. The Morgan fingerprint density at radius 3 is 2.52 bits per heavy atom. The molecule has 0 aliphatic carbocycles. The second kappa shape index (κ2) is 7.25. The Morgan fingerprint density at radius 1 is 1.22 bits per heavy atom. The number of aromatic nitrogens is 2. The van der Waals surface area contributed by atoms with E-state index in [2.05, 4.69) is 15.3 Å². The average Bonchev–Trinajstić information content (AvgIpc) is 2.97. The molecule has 0 aliphatic heterocycles. The number of non-ortho nitro benzene ring substituents is 1. The van der Waals surface area contributed by atoms with E-state index < -0.39 is 16.3 Å². The van der Waals surface area contributed by atoms with E-state index in [0.717, 1.165) is 10.7 Å². The summed E-state index contributed by atoms with van der Waals surface area (Å²) >= 11 is 4.82. The SMILES string of the molecule is NC(=S)n1[nH]c(-c2ccc([N+](=O)[O-])cc2)c(N=Nc2cccc(F)c2)c1=O. The molecule has 0 bridgehead atoms. The van der Waals surface area contributed by atoms with Crippen molar-refractivity contribution >= 4 is 34.4 Å². The highest BCUT2D eigenvalue weighted by Gasteiger charge is 2.18. The van der Waals surface area contributed by atoms with E-state index >= 15 is 0 Å². The third kappa shape index (κ3) is 3.77. The van der Waals surface area contributed by atoms with Gasteiger partial charge >= 0.3 is 5.56 Å². The van der Waals surface area contributed by atoms with Gasteiger partial charge in [-0.25, -0.2) is 4.39 Å². The fraction of sp³-hybridized carbons (Fsp3) is 0. The first-order valence-corrected chi connectivity index (χ1v) is 7.84. The lowest BCUT2D eigenvalue weighted by molar-refractivity contribution is -0.384. The van der Waals surface area contributed by atoms with E-state index in [9.17, 15) is 19.3 Å². The lowest BCUT2D eigenvalue weighted by Crippen LogP contribution is -2.29. The molecule has 1 heterocycles. The molecule has 0 atom stereocenters. The highest BCUT2D eigenvalue weighted by atomic mass is 32.1. The molecule has 136 valence electrons. The molecule has 0 radical (unpaired) electrons. The van der Waals surface area contributed by atoms with Gasteiger partial charge in [0.2, 0.25) is 0 Å². The molecule has 3 rings (SSSR count). The van der Waals surface area contributed by atoms with E-state index in [1.807, 2.05) is 0 Å². The van der Waals surface area contributed by atoms with Crippen molar-refractivity contribution in [2.75, 3.05) is 0 Å². The number of H-pyrrole nitrogens is 1. The van der Waals surface area contributed by atoms with Gasteiger partial charge in [-0.2, -0.15) is 9.80 Å². The molecular formula is C16H11FN6O3S. The third-order valence-corrected chi connectivity index (χ3v) is 3.71. The van der Waals surface area contributed by atoms with E-state index in [-0.39, 0.29) is 27.9 Å². The number of aromatic amines is 1. The van der Waals surface area contributed by atoms with Gasteiger partial charge in [-0.1, -0.05) is 6.07 Å². The smallest absolute Gasteiger partial charge is 0.301 e. The molecule has 0 aliphatic rings. The van der Waals surface area contributed by atoms with Crippen LogP contribution in [0.25, 0.3) is 11.3 Å². The van der Waals surface area contributed by atoms with Crippen molar-refractivity contribution in [3.05, 3.63) is 74.8 Å². The maximum absolute atomic E-state index is 13.3. The van der Waals surface area contributed by atoms with Crippen molar-refractivity contribution < 1.29 is 9.31 Å². The van der Waals surface area contributed by atoms with Crippen molar-refractivity contribution in [3.8, 4) is 11.3 Å². The largest absolute Gasteiger partial charge is 0.374 e. The van der Waals surface area contributed by atoms with E-state index in [0.29, 0.717) is 5.56 Å². The van der Waals surface area contributed by atoms with Crippen LogP contribution in [-0.4, -0.2) is 19.8 Å². The van der Waals surface area contributed by atoms with Crippen LogP contribution in [0, 0.1) is 15.9 Å². The molecular weight excluding hydrogens is 375 g/mol. The molecule has 0 saturated carbocycles. The molecule has 1 aromatic heterocycles. The zero-order valence-electron chi connectivity index (χ0n) is 13.5. The maximum atomic E-state index is 13.3. The van der Waals surface area contributed by atoms with Gasteiger partial charge in [-0.3, -0.25) is 20.0 Å². The van der Waals surface area contributed by atoms with Crippen LogP contribution in [0.4, 0.5) is 21.5 Å². The van der Waals surface area contributed by atoms with E-state index in [1.54, 1.807) is 0 Å². The first kappa shape index (κ1) is 18.1. The van der Waals surface area contributed by atoms with Gasteiger partial charge in [0.1, 0.15) is 5.82 Å². The number of nitrogens with two attached hydrogens (primary N) is 1. The predicted octanol–water partition coefficient (Wildman–Crippen LogP) is 3.40. The third-order valence-electron chi connectivity index (χ3n) is 3.53. The van der Waals surface area contributed by atoms with Crippen LogP contribution in [0.15, 0.2) is 63.6 Å². The Labute approximate surface area is 156 Å². The molecule has 3 N–H and O–H groups in total. The van der Waals surface area contributed by atoms with E-state index in [1.165, 1.54) is 42.5 Å². The quantitative estimate of drug-likeness (QED) is 0.307. The van der Waals surface area contributed by atoms with Crippen LogP contribution >= 0.6 is 12.2 Å². The first-order valence-electron chi connectivity index (χ1n) is 7.44. The number of rotatable bonds is 4. The van der Waals surface area contributed by atoms with Gasteiger partial charge in [0.15, 0.2) is 10.8 Å². The fourth-order valence-corrected chi connectivity index (χ4v) is 2.40. The second-order valence-corrected chi connectivity index (χ2v) is 5.72. The Bertz CT molecular complexity index is 1120. The summed E-state index contributed by atoms with van der Waals surface area (Å²) in [6.07, 6.45) is 0. The van der Waals surface area contributed by atoms with Gasteiger partial charge in [0.25, 0.3) is 5.69 Å². The standard InChI is InChI=1S/C16H11FN6O3S/c17-10-2-1-3-11(8-10)19-20-14-13(21-22(15(14)24)16(18)27)9-4-6-12(7-5-9)23(25)26/h1-8,21H,(H2,18,27). The molecule has 11 heteroatoms. The summed E-state index contributed by atoms with van der Waals surface area (Å²) in [5.74, 6) is -0.503. The molecule has 0 fully saturated rings. The second-order valence-electron chi connectivity index (χ2n) is 5.30. The summed E-state index contributed by atoms with van der Waals surface area (Å²) in [5.41, 5.74) is 5.47. The van der Waals surface area contributed by atoms with Gasteiger partial charge in [-0.15, -0.1) is 5.11 Å². The van der Waals surface area contributed by atoms with Gasteiger partial charge in [0, 0.05) is 23.8 Å². The minimum Gasteiger partial charge on any atom is -0.374 e. The minimum absolute atomic E-state index is 0.113. The van der Waals surface area contributed by atoms with Crippen molar-refractivity contribution in [3.63, 3.8) is 0 Å². The number of benzene rings is 2. The highest BCUT2D eigenvalue weighted by molar-refractivity contribution is 7.80. The number of thiocarbonyl (C=S) groups is 1. The number of halogens is 1. The van der Waals surface area contributed by atoms with Crippen molar-refractivity contribution in [1.29, 1.82) is 0 Å². The summed E-state index contributed by atoms with van der Waals surface area (Å²) in [6.45, 7) is 0. The summed E-state index contributed by atoms with van der Waals surface area (Å²) in [6, 6.07) is 10.8. The van der Waals surface area contributed by atoms with Crippen molar-refractivity contribution in [2.45, 2.75) is 0 Å². The Morgan fingerprint density at radius 2 is 1.93 bits per heavy atom. The minimum atomic E-state index is -0.656. The molecule has 2 aromatic carbocycles. The fourth-order valence-electron chi connectivity index (χ4n) is 2.27. The lowest BCUT2D eigenvalue weighted by Gasteiger charge is -2.00. The van der Waals surface area contributed by atoms with Crippen LogP contribution in [0.1, 0.15) is 0 Å². The van der Waals surface area contributed by atoms with Crippen LogP contribution in [0.2, 0.25) is 0 Å². The van der Waals surface area contributed by atoms with E-state index in [4.69, 9.17) is 18.0 Å². The van der Waals surface area contributed by atoms with Gasteiger partial charge in [0.05, 0.1) is 16.3 Å². The zero-order valence-corrected chi connectivity index (χ0v) is 14.3. The van der Waals surface area contributed by atoms with Gasteiger partial charge in [-0.05, 0) is 36.5 Å². The number of nitro benzene ring substituents is 1. The van der Waals surface area contributed by atoms with Gasteiger partial charge < -0.3 is 5.73 Å². The summed E-state index contributed by atoms with van der Waals surface area (Å²) in [7, 11) is 0. The molecule has 3 aromatic rings. The normalized spacial score (nSPS) is 11.0. The molecule has 0 amide bonds. The number of hydrogen-bond acceptors (Lipinski definition) is 6. The molecule has 0 unspecified atom stereocenters. The molecule has 9 nitrogen and oxygen atoms in total. The van der Waals surface area contributed by atoms with Crippen LogP contribution < -0.4 is 11.3 Å². The average molecular weight is 386 g/mol. The summed E-state index contributed by atoms with van der Waals surface area (Å²) in [5, 5.41) is 21.0. The topological polar surface area (TPSA) is 132 Å². The Hall–Kier alpha value is -3.73. The number of hydrogen-bond donors (Lipinski definition) is 2. The number of nitrogens with one attached hydrogen (secondary N) is 1. The number of azo groups is 1. The van der Waals surface area contributed by atoms with Crippen molar-refractivity contribution in [2.24, 2.45) is 16.0 Å². The van der Waals surface area contributed by atoms with Crippen LogP contribution in [0.5, 0.6) is 0 Å². The lowest BCUT2D eigenvalue weighted by atomic mass is 10.1. The van der Waals surface area contributed by atoms with Crippen molar-refractivity contribution in [1.82, 2.24) is 9.78 Å². The summed E-state index contributed by atoms with van der Waals surface area (Å²) in [4.78, 5) is 22.7. The first-order chi connectivity index (χ1) is 12.9. The molecule has 27 heavy (non-hydrogen) atoms. The Balaban J connectivity index is 2.10. The summed E-state index contributed by atoms with van der Waals surface area (Å²) < 4.78 is 14.2.